The summed E-state index contributed by atoms with van der Waals surface area (Å²) >= 11 is 0. The Hall–Kier alpha value is -2.24. The van der Waals surface area contributed by atoms with Crippen molar-refractivity contribution in [3.05, 3.63) is 47.4 Å². The van der Waals surface area contributed by atoms with Crippen LogP contribution in [0.25, 0.3) is 0 Å². The molecule has 1 heterocycles. The highest BCUT2D eigenvalue weighted by atomic mass is 19.1. The van der Waals surface area contributed by atoms with E-state index in [9.17, 15) is 9.18 Å². The van der Waals surface area contributed by atoms with Crippen LogP contribution in [0.1, 0.15) is 48.9 Å². The fourth-order valence-corrected chi connectivity index (χ4v) is 2.71. The second-order valence-electron chi connectivity index (χ2n) is 5.61. The Morgan fingerprint density at radius 3 is 2.73 bits per heavy atom. The van der Waals surface area contributed by atoms with Gasteiger partial charge in [-0.15, -0.1) is 0 Å². The maximum Gasteiger partial charge on any atom is 0.229 e. The maximum absolute atomic E-state index is 12.8. The number of rotatable bonds is 5. The van der Waals surface area contributed by atoms with Gasteiger partial charge in [0.15, 0.2) is 5.82 Å². The summed E-state index contributed by atoms with van der Waals surface area (Å²) in [7, 11) is 0. The number of nitrogens with zero attached hydrogens (tertiary/aromatic N) is 2. The number of aromatic nitrogens is 2. The molecule has 22 heavy (non-hydrogen) atoms. The Labute approximate surface area is 127 Å². The van der Waals surface area contributed by atoms with Crippen LogP contribution in [-0.4, -0.2) is 16.0 Å². The number of nitrogens with one attached hydrogen (secondary N) is 1. The minimum absolute atomic E-state index is 0.154. The van der Waals surface area contributed by atoms with Crippen LogP contribution in [0.5, 0.6) is 0 Å². The first-order valence-corrected chi connectivity index (χ1v) is 7.54. The number of carbonyl (C=O) groups is 1. The van der Waals surface area contributed by atoms with Crippen LogP contribution < -0.4 is 5.32 Å². The van der Waals surface area contributed by atoms with Crippen LogP contribution in [0, 0.1) is 5.82 Å². The topological polar surface area (TPSA) is 68.0 Å². The van der Waals surface area contributed by atoms with E-state index in [-0.39, 0.29) is 24.7 Å². The quantitative estimate of drug-likeness (QED) is 0.922. The van der Waals surface area contributed by atoms with E-state index in [0.29, 0.717) is 17.6 Å². The number of carbonyl (C=O) groups excluding carboxylic acids is 1. The number of hydrogen-bond acceptors (Lipinski definition) is 4. The minimum atomic E-state index is -0.310. The normalized spacial score (nSPS) is 15.1. The van der Waals surface area contributed by atoms with Crippen LogP contribution in [0.15, 0.2) is 28.8 Å². The van der Waals surface area contributed by atoms with Gasteiger partial charge in [0, 0.05) is 5.92 Å². The van der Waals surface area contributed by atoms with Gasteiger partial charge in [0.1, 0.15) is 5.82 Å². The Balaban J connectivity index is 1.49. The summed E-state index contributed by atoms with van der Waals surface area (Å²) < 4.78 is 18.1. The Bertz CT molecular complexity index is 633. The Kier molecular flexibility index (Phi) is 4.46. The fraction of sp³-hybridized carbons (Fsp3) is 0.438. The zero-order chi connectivity index (χ0) is 15.4. The van der Waals surface area contributed by atoms with Crippen molar-refractivity contribution in [1.82, 2.24) is 15.5 Å². The molecule has 0 unspecified atom stereocenters. The Morgan fingerprint density at radius 1 is 1.27 bits per heavy atom. The third kappa shape index (κ3) is 3.69. The van der Waals surface area contributed by atoms with Gasteiger partial charge in [-0.25, -0.2) is 4.39 Å². The van der Waals surface area contributed by atoms with Crippen molar-refractivity contribution < 1.29 is 13.7 Å². The van der Waals surface area contributed by atoms with E-state index in [1.54, 1.807) is 12.1 Å². The van der Waals surface area contributed by atoms with Crippen molar-refractivity contribution in [1.29, 1.82) is 0 Å². The zero-order valence-corrected chi connectivity index (χ0v) is 12.2. The molecule has 2 aromatic rings. The predicted octanol–water partition coefficient (Wildman–Crippen LogP) is 2.73. The van der Waals surface area contributed by atoms with Crippen molar-refractivity contribution in [2.75, 3.05) is 0 Å². The molecule has 1 aromatic heterocycles. The molecule has 0 atom stereocenters. The van der Waals surface area contributed by atoms with E-state index in [2.05, 4.69) is 15.5 Å². The van der Waals surface area contributed by atoms with Gasteiger partial charge in [0.25, 0.3) is 0 Å². The molecule has 6 heteroatoms. The average Bonchev–Trinajstić information content (AvgIpc) is 3.18. The standard InChI is InChI=1S/C16H18FN3O2/c17-13-7-5-11(6-8-13)9-15(21)18-10-14-19-16(22-20-14)12-3-1-2-4-12/h5-8,12H,1-4,9-10H2,(H,18,21). The Morgan fingerprint density at radius 2 is 2.00 bits per heavy atom. The molecule has 0 spiro atoms. The zero-order valence-electron chi connectivity index (χ0n) is 12.2. The number of halogens is 1. The van der Waals surface area contributed by atoms with Crippen molar-refractivity contribution in [3.8, 4) is 0 Å². The molecular weight excluding hydrogens is 285 g/mol. The first kappa shape index (κ1) is 14.7. The molecule has 1 aliphatic rings. The molecule has 1 amide bonds. The van der Waals surface area contributed by atoms with Gasteiger partial charge in [0.05, 0.1) is 13.0 Å². The third-order valence-corrected chi connectivity index (χ3v) is 3.91. The molecule has 0 aliphatic heterocycles. The second-order valence-corrected chi connectivity index (χ2v) is 5.61. The molecule has 5 nitrogen and oxygen atoms in total. The van der Waals surface area contributed by atoms with Gasteiger partial charge in [-0.3, -0.25) is 4.79 Å². The molecule has 3 rings (SSSR count). The highest BCUT2D eigenvalue weighted by Gasteiger charge is 2.22. The smallest absolute Gasteiger partial charge is 0.229 e. The molecule has 1 N–H and O–H groups in total. The van der Waals surface area contributed by atoms with Crippen LogP contribution in [0.3, 0.4) is 0 Å². The molecule has 0 bridgehead atoms. The summed E-state index contributed by atoms with van der Waals surface area (Å²) in [5.41, 5.74) is 0.763. The molecule has 1 saturated carbocycles. The molecule has 116 valence electrons. The van der Waals surface area contributed by atoms with Gasteiger partial charge in [-0.2, -0.15) is 4.98 Å². The lowest BCUT2D eigenvalue weighted by molar-refractivity contribution is -0.120. The lowest BCUT2D eigenvalue weighted by Gasteiger charge is -2.03. The van der Waals surface area contributed by atoms with Crippen LogP contribution in [0.2, 0.25) is 0 Å². The molecule has 0 radical (unpaired) electrons. The summed E-state index contributed by atoms with van der Waals surface area (Å²) in [6.07, 6.45) is 4.80. The highest BCUT2D eigenvalue weighted by molar-refractivity contribution is 5.78. The summed E-state index contributed by atoms with van der Waals surface area (Å²) in [6, 6.07) is 5.88. The largest absolute Gasteiger partial charge is 0.348 e. The number of hydrogen-bond donors (Lipinski definition) is 1. The van der Waals surface area contributed by atoms with E-state index in [0.717, 1.165) is 18.4 Å². The van der Waals surface area contributed by atoms with E-state index in [1.165, 1.54) is 25.0 Å². The number of amides is 1. The average molecular weight is 303 g/mol. The molecule has 1 fully saturated rings. The first-order chi connectivity index (χ1) is 10.7. The van der Waals surface area contributed by atoms with E-state index in [1.807, 2.05) is 0 Å². The van der Waals surface area contributed by atoms with Gasteiger partial charge in [-0.05, 0) is 30.5 Å². The third-order valence-electron chi connectivity index (χ3n) is 3.91. The molecule has 1 aromatic carbocycles. The molecular formula is C16H18FN3O2. The van der Waals surface area contributed by atoms with E-state index in [4.69, 9.17) is 4.52 Å². The fourth-order valence-electron chi connectivity index (χ4n) is 2.71. The van der Waals surface area contributed by atoms with Gasteiger partial charge in [-0.1, -0.05) is 30.1 Å². The first-order valence-electron chi connectivity index (χ1n) is 7.54. The lowest BCUT2D eigenvalue weighted by atomic mass is 10.1. The maximum atomic E-state index is 12.8. The molecule has 1 aliphatic carbocycles. The van der Waals surface area contributed by atoms with Crippen molar-refractivity contribution >= 4 is 5.91 Å². The predicted molar refractivity (Wildman–Crippen MR) is 77.5 cm³/mol. The van der Waals surface area contributed by atoms with Gasteiger partial charge < -0.3 is 9.84 Å². The van der Waals surface area contributed by atoms with E-state index >= 15 is 0 Å². The van der Waals surface area contributed by atoms with Crippen molar-refractivity contribution in [2.24, 2.45) is 0 Å². The monoisotopic (exact) mass is 303 g/mol. The van der Waals surface area contributed by atoms with Gasteiger partial charge in [0.2, 0.25) is 11.8 Å². The number of benzene rings is 1. The van der Waals surface area contributed by atoms with Crippen LogP contribution in [0.4, 0.5) is 4.39 Å². The SMILES string of the molecule is O=C(Cc1ccc(F)cc1)NCc1noc(C2CCCC2)n1. The second kappa shape index (κ2) is 6.68. The minimum Gasteiger partial charge on any atom is -0.348 e. The molecule has 0 saturated heterocycles. The summed E-state index contributed by atoms with van der Waals surface area (Å²) in [4.78, 5) is 16.2. The van der Waals surface area contributed by atoms with Crippen LogP contribution in [-0.2, 0) is 17.8 Å². The van der Waals surface area contributed by atoms with Crippen LogP contribution >= 0.6 is 0 Å². The highest BCUT2D eigenvalue weighted by Crippen LogP contribution is 2.32. The van der Waals surface area contributed by atoms with Crippen molar-refractivity contribution in [2.45, 2.75) is 44.6 Å². The summed E-state index contributed by atoms with van der Waals surface area (Å²) in [5, 5.41) is 6.65. The lowest BCUT2D eigenvalue weighted by Crippen LogP contribution is -2.25. The summed E-state index contributed by atoms with van der Waals surface area (Å²) in [5.74, 6) is 1.08. The summed E-state index contributed by atoms with van der Waals surface area (Å²) in [6.45, 7) is 0.246. The van der Waals surface area contributed by atoms with Crippen molar-refractivity contribution in [3.63, 3.8) is 0 Å². The van der Waals surface area contributed by atoms with Gasteiger partial charge >= 0.3 is 0 Å². The van der Waals surface area contributed by atoms with E-state index < -0.39 is 0 Å².